The van der Waals surface area contributed by atoms with Gasteiger partial charge in [-0.3, -0.25) is 4.40 Å². The van der Waals surface area contributed by atoms with Crippen molar-refractivity contribution in [3.8, 4) is 11.6 Å². The topological polar surface area (TPSA) is 78.3 Å². The van der Waals surface area contributed by atoms with E-state index in [0.717, 1.165) is 10.8 Å². The van der Waals surface area contributed by atoms with Crippen LogP contribution in [0.3, 0.4) is 0 Å². The van der Waals surface area contributed by atoms with Crippen LogP contribution < -0.4 is 10.5 Å². The molecular formula is C15H11N5O. The van der Waals surface area contributed by atoms with Crippen molar-refractivity contribution in [2.45, 2.75) is 0 Å². The second-order valence-corrected chi connectivity index (χ2v) is 4.59. The Labute approximate surface area is 119 Å². The number of anilines is 1. The van der Waals surface area contributed by atoms with Crippen molar-refractivity contribution in [2.24, 2.45) is 0 Å². The lowest BCUT2D eigenvalue weighted by molar-refractivity contribution is 0.470. The average molecular weight is 277 g/mol. The SMILES string of the molecule is Nc1ccc(Oc2nccn3cnnc23)c2ccccc12. The molecule has 6 nitrogen and oxygen atoms in total. The van der Waals surface area contributed by atoms with Gasteiger partial charge in [-0.2, -0.15) is 0 Å². The second-order valence-electron chi connectivity index (χ2n) is 4.59. The third kappa shape index (κ3) is 1.85. The lowest BCUT2D eigenvalue weighted by atomic mass is 10.1. The molecule has 0 aliphatic rings. The van der Waals surface area contributed by atoms with E-state index in [4.69, 9.17) is 10.5 Å². The van der Waals surface area contributed by atoms with Gasteiger partial charge in [0.2, 0.25) is 5.65 Å². The summed E-state index contributed by atoms with van der Waals surface area (Å²) in [5.41, 5.74) is 7.28. The first-order chi connectivity index (χ1) is 10.3. The van der Waals surface area contributed by atoms with Gasteiger partial charge in [0, 0.05) is 28.9 Å². The Morgan fingerprint density at radius 1 is 1.05 bits per heavy atom. The summed E-state index contributed by atoms with van der Waals surface area (Å²) in [6.07, 6.45) is 5.01. The Kier molecular flexibility index (Phi) is 2.47. The fourth-order valence-electron chi connectivity index (χ4n) is 2.30. The van der Waals surface area contributed by atoms with Crippen LogP contribution in [0.1, 0.15) is 0 Å². The number of aromatic nitrogens is 4. The first-order valence-electron chi connectivity index (χ1n) is 6.42. The monoisotopic (exact) mass is 277 g/mol. The molecule has 0 radical (unpaired) electrons. The number of benzene rings is 2. The molecule has 6 heteroatoms. The number of nitrogen functional groups attached to an aromatic ring is 1. The summed E-state index contributed by atoms with van der Waals surface area (Å²) in [5, 5.41) is 9.75. The summed E-state index contributed by atoms with van der Waals surface area (Å²) in [6, 6.07) is 11.5. The molecule has 4 aromatic rings. The molecule has 0 unspecified atom stereocenters. The molecule has 2 aromatic carbocycles. The van der Waals surface area contributed by atoms with Gasteiger partial charge in [0.15, 0.2) is 0 Å². The third-order valence-electron chi connectivity index (χ3n) is 3.31. The van der Waals surface area contributed by atoms with E-state index < -0.39 is 0 Å². The summed E-state index contributed by atoms with van der Waals surface area (Å²) >= 11 is 0. The predicted octanol–water partition coefficient (Wildman–Crippen LogP) is 2.65. The Bertz CT molecular complexity index is 947. The fraction of sp³-hybridized carbons (Fsp3) is 0. The minimum atomic E-state index is 0.407. The molecule has 0 fully saturated rings. The van der Waals surface area contributed by atoms with Crippen LogP contribution in [0.5, 0.6) is 11.6 Å². The molecule has 0 saturated carbocycles. The molecular weight excluding hydrogens is 266 g/mol. The highest BCUT2D eigenvalue weighted by atomic mass is 16.5. The van der Waals surface area contributed by atoms with Crippen molar-refractivity contribution < 1.29 is 4.74 Å². The van der Waals surface area contributed by atoms with Crippen LogP contribution in [0.4, 0.5) is 5.69 Å². The third-order valence-corrected chi connectivity index (χ3v) is 3.31. The van der Waals surface area contributed by atoms with Gasteiger partial charge in [-0.25, -0.2) is 4.98 Å². The smallest absolute Gasteiger partial charge is 0.265 e. The molecule has 0 saturated heterocycles. The van der Waals surface area contributed by atoms with Gasteiger partial charge >= 0.3 is 0 Å². The molecule has 2 heterocycles. The Morgan fingerprint density at radius 3 is 2.81 bits per heavy atom. The van der Waals surface area contributed by atoms with E-state index in [1.807, 2.05) is 36.4 Å². The standard InChI is InChI=1S/C15H11N5O/c16-12-5-6-13(11-4-2-1-3-10(11)12)21-15-14-19-18-9-20(14)8-7-17-15/h1-9H,16H2. The van der Waals surface area contributed by atoms with Crippen LogP contribution in [0.15, 0.2) is 55.1 Å². The lowest BCUT2D eigenvalue weighted by Crippen LogP contribution is -1.95. The van der Waals surface area contributed by atoms with E-state index in [9.17, 15) is 0 Å². The van der Waals surface area contributed by atoms with E-state index in [1.165, 1.54) is 0 Å². The molecule has 2 N–H and O–H groups in total. The fourth-order valence-corrected chi connectivity index (χ4v) is 2.30. The summed E-state index contributed by atoms with van der Waals surface area (Å²) < 4.78 is 7.68. The Morgan fingerprint density at radius 2 is 1.90 bits per heavy atom. The van der Waals surface area contributed by atoms with Crippen molar-refractivity contribution in [1.29, 1.82) is 0 Å². The summed E-state index contributed by atoms with van der Waals surface area (Å²) in [4.78, 5) is 4.23. The second kappa shape index (κ2) is 4.45. The summed E-state index contributed by atoms with van der Waals surface area (Å²) in [6.45, 7) is 0. The molecule has 0 aliphatic carbocycles. The quantitative estimate of drug-likeness (QED) is 0.570. The van der Waals surface area contributed by atoms with Crippen LogP contribution in [0.25, 0.3) is 16.4 Å². The molecule has 0 atom stereocenters. The number of rotatable bonds is 2. The Hall–Kier alpha value is -3.15. The highest BCUT2D eigenvalue weighted by Crippen LogP contribution is 2.33. The summed E-state index contributed by atoms with van der Waals surface area (Å²) in [5.74, 6) is 1.09. The molecule has 0 spiro atoms. The van der Waals surface area contributed by atoms with Gasteiger partial charge in [0.1, 0.15) is 12.1 Å². The van der Waals surface area contributed by atoms with Gasteiger partial charge in [-0.05, 0) is 12.1 Å². The molecule has 4 rings (SSSR count). The number of fused-ring (bicyclic) bond motifs is 2. The Balaban J connectivity index is 1.88. The van der Waals surface area contributed by atoms with Crippen molar-refractivity contribution in [3.63, 3.8) is 0 Å². The first kappa shape index (κ1) is 11.7. The number of ether oxygens (including phenoxy) is 1. The number of hydrogen-bond acceptors (Lipinski definition) is 5. The van der Waals surface area contributed by atoms with E-state index in [1.54, 1.807) is 23.1 Å². The van der Waals surface area contributed by atoms with Crippen LogP contribution in [-0.2, 0) is 0 Å². The minimum absolute atomic E-state index is 0.407. The van der Waals surface area contributed by atoms with Gasteiger partial charge < -0.3 is 10.5 Å². The van der Waals surface area contributed by atoms with Crippen LogP contribution in [-0.4, -0.2) is 19.6 Å². The maximum atomic E-state index is 5.99. The van der Waals surface area contributed by atoms with Gasteiger partial charge in [0.05, 0.1) is 0 Å². The molecule has 2 aromatic heterocycles. The van der Waals surface area contributed by atoms with E-state index in [2.05, 4.69) is 15.2 Å². The van der Waals surface area contributed by atoms with Crippen LogP contribution in [0, 0.1) is 0 Å². The van der Waals surface area contributed by atoms with Crippen LogP contribution >= 0.6 is 0 Å². The minimum Gasteiger partial charge on any atom is -0.435 e. The zero-order valence-corrected chi connectivity index (χ0v) is 11.0. The zero-order valence-electron chi connectivity index (χ0n) is 11.0. The molecule has 0 amide bonds. The zero-order chi connectivity index (χ0) is 14.2. The number of nitrogens with zero attached hydrogens (tertiary/aromatic N) is 4. The van der Waals surface area contributed by atoms with Gasteiger partial charge in [0.25, 0.3) is 5.88 Å². The van der Waals surface area contributed by atoms with Crippen molar-refractivity contribution >= 4 is 22.1 Å². The van der Waals surface area contributed by atoms with E-state index in [-0.39, 0.29) is 0 Å². The van der Waals surface area contributed by atoms with Crippen molar-refractivity contribution in [2.75, 3.05) is 5.73 Å². The van der Waals surface area contributed by atoms with Crippen molar-refractivity contribution in [1.82, 2.24) is 19.6 Å². The highest BCUT2D eigenvalue weighted by molar-refractivity contribution is 5.97. The lowest BCUT2D eigenvalue weighted by Gasteiger charge is -2.10. The van der Waals surface area contributed by atoms with E-state index >= 15 is 0 Å². The molecule has 102 valence electrons. The highest BCUT2D eigenvalue weighted by Gasteiger charge is 2.10. The molecule has 21 heavy (non-hydrogen) atoms. The summed E-state index contributed by atoms with van der Waals surface area (Å²) in [7, 11) is 0. The number of hydrogen-bond donors (Lipinski definition) is 1. The number of nitrogens with two attached hydrogens (primary N) is 1. The van der Waals surface area contributed by atoms with Gasteiger partial charge in [-0.15, -0.1) is 10.2 Å². The maximum absolute atomic E-state index is 5.99. The first-order valence-corrected chi connectivity index (χ1v) is 6.42. The van der Waals surface area contributed by atoms with Gasteiger partial charge in [-0.1, -0.05) is 24.3 Å². The predicted molar refractivity (Wildman–Crippen MR) is 79.2 cm³/mol. The van der Waals surface area contributed by atoms with E-state index in [0.29, 0.717) is 23.0 Å². The van der Waals surface area contributed by atoms with Crippen molar-refractivity contribution in [3.05, 3.63) is 55.1 Å². The largest absolute Gasteiger partial charge is 0.435 e. The van der Waals surface area contributed by atoms with Crippen LogP contribution in [0.2, 0.25) is 0 Å². The maximum Gasteiger partial charge on any atom is 0.265 e. The average Bonchev–Trinajstić information content (AvgIpc) is 3.00. The molecule has 0 bridgehead atoms. The normalized spacial score (nSPS) is 11.0. The molecule has 0 aliphatic heterocycles.